The number of anilines is 1. The van der Waals surface area contributed by atoms with E-state index in [1.54, 1.807) is 17.8 Å². The van der Waals surface area contributed by atoms with Crippen LogP contribution in [0.2, 0.25) is 0 Å². The van der Waals surface area contributed by atoms with Crippen LogP contribution in [0.1, 0.15) is 34.8 Å². The van der Waals surface area contributed by atoms with Gasteiger partial charge in [-0.05, 0) is 36.2 Å². The Kier molecular flexibility index (Phi) is 6.72. The summed E-state index contributed by atoms with van der Waals surface area (Å²) in [6.45, 7) is 6.11. The summed E-state index contributed by atoms with van der Waals surface area (Å²) in [5, 5.41) is 5.88. The summed E-state index contributed by atoms with van der Waals surface area (Å²) in [4.78, 5) is 27.9. The number of ether oxygens (including phenoxy) is 1. The first-order valence-electron chi connectivity index (χ1n) is 10.3. The largest absolute Gasteiger partial charge is 0.376 e. The highest BCUT2D eigenvalue weighted by Gasteiger charge is 2.17. The van der Waals surface area contributed by atoms with Gasteiger partial charge in [-0.15, -0.1) is 11.8 Å². The van der Waals surface area contributed by atoms with Crippen LogP contribution in [-0.4, -0.2) is 48.3 Å². The highest BCUT2D eigenvalue weighted by Crippen LogP contribution is 2.31. The smallest absolute Gasteiger partial charge is 0.251 e. The van der Waals surface area contributed by atoms with Crippen LogP contribution >= 0.6 is 11.8 Å². The molecule has 2 aromatic rings. The number of rotatable bonds is 5. The van der Waals surface area contributed by atoms with Gasteiger partial charge < -0.3 is 15.4 Å². The number of hydrogen-bond acceptors (Lipinski definition) is 5. The van der Waals surface area contributed by atoms with Crippen molar-refractivity contribution in [2.24, 2.45) is 0 Å². The van der Waals surface area contributed by atoms with Gasteiger partial charge >= 0.3 is 0 Å². The topological polar surface area (TPSA) is 70.7 Å². The first-order valence-corrected chi connectivity index (χ1v) is 11.3. The summed E-state index contributed by atoms with van der Waals surface area (Å²) in [5.41, 5.74) is 3.58. The summed E-state index contributed by atoms with van der Waals surface area (Å²) in [7, 11) is 0. The lowest BCUT2D eigenvalue weighted by Gasteiger charge is -2.31. The van der Waals surface area contributed by atoms with Gasteiger partial charge in [-0.25, -0.2) is 0 Å². The van der Waals surface area contributed by atoms with Gasteiger partial charge in [0.05, 0.1) is 18.4 Å². The Bertz CT molecular complexity index is 934. The predicted octanol–water partition coefficient (Wildman–Crippen LogP) is 3.27. The van der Waals surface area contributed by atoms with Crippen molar-refractivity contribution < 1.29 is 14.3 Å². The minimum absolute atomic E-state index is 0.00900. The molecule has 7 heteroatoms. The molecule has 1 atom stereocenters. The number of nitrogens with zero attached hydrogens (tertiary/aromatic N) is 1. The van der Waals surface area contributed by atoms with Gasteiger partial charge in [-0.2, -0.15) is 0 Å². The van der Waals surface area contributed by atoms with Crippen LogP contribution in [0.4, 0.5) is 5.69 Å². The summed E-state index contributed by atoms with van der Waals surface area (Å²) in [5.74, 6) is 0.600. The molecule has 2 aromatic carbocycles. The normalized spacial score (nSPS) is 19.5. The third kappa shape index (κ3) is 5.41. The first-order chi connectivity index (χ1) is 14.6. The molecule has 4 rings (SSSR count). The second kappa shape index (κ2) is 9.64. The lowest BCUT2D eigenvalue weighted by molar-refractivity contribution is -0.115. The number of amides is 2. The number of nitrogens with one attached hydrogen (secondary N) is 2. The summed E-state index contributed by atoms with van der Waals surface area (Å²) >= 11 is 1.63. The van der Waals surface area contributed by atoms with Crippen molar-refractivity contribution in [1.29, 1.82) is 0 Å². The predicted molar refractivity (Wildman–Crippen MR) is 119 cm³/mol. The van der Waals surface area contributed by atoms with Crippen LogP contribution in [0.3, 0.4) is 0 Å². The average molecular weight is 426 g/mol. The van der Waals surface area contributed by atoms with E-state index in [9.17, 15) is 9.59 Å². The number of carbonyl (C=O) groups excluding carboxylic acids is 2. The molecule has 2 heterocycles. The number of carbonyl (C=O) groups is 2. The van der Waals surface area contributed by atoms with Crippen molar-refractivity contribution in [3.8, 4) is 0 Å². The van der Waals surface area contributed by atoms with Crippen LogP contribution in [0.5, 0.6) is 0 Å². The monoisotopic (exact) mass is 425 g/mol. The van der Waals surface area contributed by atoms with E-state index in [1.165, 1.54) is 5.56 Å². The van der Waals surface area contributed by atoms with E-state index in [1.807, 2.05) is 24.3 Å². The Hall–Kier alpha value is -2.35. The van der Waals surface area contributed by atoms with Crippen molar-refractivity contribution in [3.63, 3.8) is 0 Å². The van der Waals surface area contributed by atoms with Crippen LogP contribution in [0.25, 0.3) is 0 Å². The molecule has 1 saturated heterocycles. The minimum atomic E-state index is -0.145. The molecule has 2 aliphatic rings. The lowest BCUT2D eigenvalue weighted by atomic mass is 10.1. The molecule has 1 fully saturated rings. The molecule has 158 valence electrons. The summed E-state index contributed by atoms with van der Waals surface area (Å²) < 4.78 is 5.61. The molecule has 0 radical (unpaired) electrons. The van der Waals surface area contributed by atoms with Crippen LogP contribution in [0.15, 0.2) is 47.4 Å². The van der Waals surface area contributed by atoms with Gasteiger partial charge in [0.1, 0.15) is 0 Å². The molecular weight excluding hydrogens is 398 g/mol. The zero-order chi connectivity index (χ0) is 20.9. The zero-order valence-corrected chi connectivity index (χ0v) is 18.0. The number of benzene rings is 2. The van der Waals surface area contributed by atoms with Crippen molar-refractivity contribution >= 4 is 29.3 Å². The lowest BCUT2D eigenvalue weighted by Crippen LogP contribution is -2.40. The van der Waals surface area contributed by atoms with Crippen molar-refractivity contribution in [2.75, 3.05) is 30.8 Å². The van der Waals surface area contributed by atoms with Crippen LogP contribution in [-0.2, 0) is 22.6 Å². The fourth-order valence-corrected chi connectivity index (χ4v) is 4.71. The Morgan fingerprint density at radius 2 is 2.13 bits per heavy atom. The van der Waals surface area contributed by atoms with E-state index in [0.717, 1.165) is 48.1 Å². The second-order valence-corrected chi connectivity index (χ2v) is 8.91. The van der Waals surface area contributed by atoms with E-state index in [0.29, 0.717) is 18.5 Å². The molecule has 2 N–H and O–H groups in total. The Morgan fingerprint density at radius 1 is 1.27 bits per heavy atom. The number of morpholine rings is 1. The molecule has 0 aromatic heterocycles. The van der Waals surface area contributed by atoms with Crippen molar-refractivity contribution in [1.82, 2.24) is 10.2 Å². The number of fused-ring (bicyclic) bond motifs is 1. The molecule has 2 aliphatic heterocycles. The third-order valence-corrected chi connectivity index (χ3v) is 6.35. The maximum atomic E-state index is 12.7. The first kappa shape index (κ1) is 20.9. The van der Waals surface area contributed by atoms with Crippen LogP contribution < -0.4 is 10.6 Å². The molecule has 0 aliphatic carbocycles. The van der Waals surface area contributed by atoms with Crippen molar-refractivity contribution in [2.45, 2.75) is 37.4 Å². The average Bonchev–Trinajstić information content (AvgIpc) is 2.92. The fourth-order valence-electron chi connectivity index (χ4n) is 3.78. The highest BCUT2D eigenvalue weighted by atomic mass is 32.2. The van der Waals surface area contributed by atoms with E-state index in [2.05, 4.69) is 34.6 Å². The Labute approximate surface area is 181 Å². The second-order valence-electron chi connectivity index (χ2n) is 7.78. The molecular formula is C23H27N3O3S. The van der Waals surface area contributed by atoms with E-state index < -0.39 is 0 Å². The fraction of sp³-hybridized carbons (Fsp3) is 0.391. The quantitative estimate of drug-likeness (QED) is 0.769. The minimum Gasteiger partial charge on any atom is -0.376 e. The van der Waals surface area contributed by atoms with Gasteiger partial charge in [-0.1, -0.05) is 24.3 Å². The maximum Gasteiger partial charge on any atom is 0.251 e. The maximum absolute atomic E-state index is 12.7. The van der Waals surface area contributed by atoms with E-state index in [-0.39, 0.29) is 17.9 Å². The van der Waals surface area contributed by atoms with E-state index in [4.69, 9.17) is 4.74 Å². The Balaban J connectivity index is 1.36. The molecule has 2 amide bonds. The SMILES string of the molecule is CC1CN(Cc2cccc(CNC(=O)c3ccc4c(c3)NC(=O)CCS4)c2)CCO1. The van der Waals surface area contributed by atoms with Gasteiger partial charge in [0.25, 0.3) is 5.91 Å². The van der Waals surface area contributed by atoms with Gasteiger partial charge in [0.2, 0.25) is 5.91 Å². The molecule has 30 heavy (non-hydrogen) atoms. The van der Waals surface area contributed by atoms with E-state index >= 15 is 0 Å². The molecule has 0 spiro atoms. The molecule has 0 bridgehead atoms. The Morgan fingerprint density at radius 3 is 3.00 bits per heavy atom. The van der Waals surface area contributed by atoms with Gasteiger partial charge in [-0.3, -0.25) is 14.5 Å². The summed E-state index contributed by atoms with van der Waals surface area (Å²) in [6.07, 6.45) is 0.756. The number of thioether (sulfide) groups is 1. The summed E-state index contributed by atoms with van der Waals surface area (Å²) in [6, 6.07) is 13.8. The molecule has 1 unspecified atom stereocenters. The molecule has 6 nitrogen and oxygen atoms in total. The third-order valence-electron chi connectivity index (χ3n) is 5.28. The number of hydrogen-bond donors (Lipinski definition) is 2. The van der Waals surface area contributed by atoms with Crippen LogP contribution in [0, 0.1) is 0 Å². The van der Waals surface area contributed by atoms with Gasteiger partial charge in [0, 0.05) is 48.8 Å². The highest BCUT2D eigenvalue weighted by molar-refractivity contribution is 7.99. The molecule has 0 saturated carbocycles. The van der Waals surface area contributed by atoms with Gasteiger partial charge in [0.15, 0.2) is 0 Å². The standard InChI is InChI=1S/C23H27N3O3S/c1-16-14-26(8-9-29-16)15-18-4-2-3-17(11-18)13-24-23(28)19-5-6-21-20(12-19)25-22(27)7-10-30-21/h2-6,11-12,16H,7-10,13-15H2,1H3,(H,24,28)(H,25,27). The zero-order valence-electron chi connectivity index (χ0n) is 17.1. The van der Waals surface area contributed by atoms with Crippen molar-refractivity contribution in [3.05, 3.63) is 59.2 Å².